The number of carbonyl (C=O) groups excluding carboxylic acids is 1. The first-order chi connectivity index (χ1) is 13.8. The maximum absolute atomic E-state index is 12.9. The largest absolute Gasteiger partial charge is 0.497 e. The topological polar surface area (TPSA) is 93.5 Å². The second-order valence-electron chi connectivity index (χ2n) is 7.52. The summed E-state index contributed by atoms with van der Waals surface area (Å²) in [6.07, 6.45) is 4.39. The molecule has 1 fully saturated rings. The third-order valence-electron chi connectivity index (χ3n) is 5.16. The molecule has 0 radical (unpaired) electrons. The van der Waals surface area contributed by atoms with E-state index in [9.17, 15) is 13.2 Å². The van der Waals surface area contributed by atoms with Gasteiger partial charge in [0.25, 0.3) is 10.0 Å². The third kappa shape index (κ3) is 4.97. The molecule has 8 nitrogen and oxygen atoms in total. The van der Waals surface area contributed by atoms with Gasteiger partial charge in [0.15, 0.2) is 5.03 Å². The molecule has 1 aromatic heterocycles. The quantitative estimate of drug-likeness (QED) is 0.741. The van der Waals surface area contributed by atoms with Gasteiger partial charge in [0.05, 0.1) is 19.4 Å². The van der Waals surface area contributed by atoms with Gasteiger partial charge in [-0.3, -0.25) is 4.79 Å². The second kappa shape index (κ2) is 8.96. The molecule has 0 saturated carbocycles. The van der Waals surface area contributed by atoms with Crippen LogP contribution in [-0.4, -0.2) is 48.4 Å². The fourth-order valence-electron chi connectivity index (χ4n) is 3.32. The highest BCUT2D eigenvalue weighted by Gasteiger charge is 2.34. The molecule has 1 aliphatic rings. The molecule has 1 aliphatic heterocycles. The number of ether oxygens (including phenoxy) is 1. The Hall–Kier alpha value is -2.39. The van der Waals surface area contributed by atoms with Gasteiger partial charge in [0.2, 0.25) is 5.91 Å². The summed E-state index contributed by atoms with van der Waals surface area (Å²) in [4.78, 5) is 16.7. The van der Waals surface area contributed by atoms with Crippen LogP contribution in [0.2, 0.25) is 0 Å². The van der Waals surface area contributed by atoms with Crippen LogP contribution in [0.15, 0.2) is 41.8 Å². The highest BCUT2D eigenvalue weighted by Crippen LogP contribution is 2.24. The van der Waals surface area contributed by atoms with E-state index in [1.54, 1.807) is 17.9 Å². The van der Waals surface area contributed by atoms with Crippen molar-refractivity contribution in [3.8, 4) is 5.75 Å². The molecule has 29 heavy (non-hydrogen) atoms. The van der Waals surface area contributed by atoms with Crippen LogP contribution in [0, 0.1) is 5.92 Å². The predicted molar refractivity (Wildman–Crippen MR) is 109 cm³/mol. The van der Waals surface area contributed by atoms with Crippen molar-refractivity contribution in [1.82, 2.24) is 19.2 Å². The molecule has 2 aromatic rings. The molecule has 158 valence electrons. The Morgan fingerprint density at radius 3 is 2.66 bits per heavy atom. The summed E-state index contributed by atoms with van der Waals surface area (Å²) < 4.78 is 34.1. The number of rotatable bonds is 7. The van der Waals surface area contributed by atoms with E-state index in [1.165, 1.54) is 10.6 Å². The zero-order valence-corrected chi connectivity index (χ0v) is 17.9. The number of hydrogen-bond donors (Lipinski definition) is 1. The Balaban J connectivity index is 1.62. The van der Waals surface area contributed by atoms with Gasteiger partial charge in [-0.15, -0.1) is 0 Å². The normalized spacial score (nSPS) is 18.0. The minimum absolute atomic E-state index is 0.0329. The van der Waals surface area contributed by atoms with Crippen molar-refractivity contribution in [2.45, 2.75) is 44.3 Å². The highest BCUT2D eigenvalue weighted by molar-refractivity contribution is 7.89. The van der Waals surface area contributed by atoms with E-state index in [0.717, 1.165) is 11.3 Å². The molecule has 3 rings (SSSR count). The van der Waals surface area contributed by atoms with Crippen molar-refractivity contribution in [2.75, 3.05) is 20.2 Å². The predicted octanol–water partition coefficient (Wildman–Crippen LogP) is 2.19. The zero-order valence-electron chi connectivity index (χ0n) is 17.0. The Bertz CT molecular complexity index is 938. The van der Waals surface area contributed by atoms with E-state index in [-0.39, 0.29) is 29.4 Å². The third-order valence-corrected chi connectivity index (χ3v) is 6.91. The average molecular weight is 421 g/mol. The Kier molecular flexibility index (Phi) is 6.59. The number of aromatic nitrogens is 2. The van der Waals surface area contributed by atoms with Gasteiger partial charge in [-0.1, -0.05) is 12.1 Å². The number of benzene rings is 1. The van der Waals surface area contributed by atoms with E-state index in [4.69, 9.17) is 4.74 Å². The number of piperidine rings is 1. The lowest BCUT2D eigenvalue weighted by molar-refractivity contribution is -0.126. The molecular formula is C20H28N4O4S. The van der Waals surface area contributed by atoms with Gasteiger partial charge in [-0.25, -0.2) is 13.4 Å². The second-order valence-corrected chi connectivity index (χ2v) is 9.41. The first kappa shape index (κ1) is 21.3. The molecule has 9 heteroatoms. The molecule has 2 heterocycles. The van der Waals surface area contributed by atoms with Crippen molar-refractivity contribution in [1.29, 1.82) is 0 Å². The number of imidazole rings is 1. The Morgan fingerprint density at radius 2 is 2.03 bits per heavy atom. The summed E-state index contributed by atoms with van der Waals surface area (Å²) in [5.41, 5.74) is 0.957. The van der Waals surface area contributed by atoms with Gasteiger partial charge in [0, 0.05) is 31.9 Å². The van der Waals surface area contributed by atoms with Crippen LogP contribution < -0.4 is 10.1 Å². The van der Waals surface area contributed by atoms with Crippen molar-refractivity contribution in [3.05, 3.63) is 42.4 Å². The fraction of sp³-hybridized carbons (Fsp3) is 0.500. The number of carbonyl (C=O) groups is 1. The Labute approximate surface area is 171 Å². The summed E-state index contributed by atoms with van der Waals surface area (Å²) in [6, 6.07) is 7.59. The van der Waals surface area contributed by atoms with Crippen molar-refractivity contribution >= 4 is 15.9 Å². The fourth-order valence-corrected chi connectivity index (χ4v) is 4.76. The molecular weight excluding hydrogens is 392 g/mol. The van der Waals surface area contributed by atoms with Crippen LogP contribution in [0.1, 0.15) is 38.3 Å². The van der Waals surface area contributed by atoms with E-state index in [1.807, 2.05) is 38.1 Å². The lowest BCUT2D eigenvalue weighted by Gasteiger charge is -2.30. The molecule has 1 N–H and O–H groups in total. The minimum atomic E-state index is -3.71. The molecule has 0 bridgehead atoms. The standard InChI is InChI=1S/C20H28N4O4S/c1-15(2)23-13-19(22-14-23)29(26,27)24-10-4-5-17(12-24)20(25)21-11-16-6-8-18(28-3)9-7-16/h6-9,13-15,17H,4-5,10-12H2,1-3H3,(H,21,25). The van der Waals surface area contributed by atoms with Gasteiger partial charge in [-0.2, -0.15) is 4.31 Å². The molecule has 0 spiro atoms. The SMILES string of the molecule is COc1ccc(CNC(=O)C2CCCN(S(=O)(=O)c3cn(C(C)C)cn3)C2)cc1. The maximum Gasteiger partial charge on any atom is 0.262 e. The lowest BCUT2D eigenvalue weighted by atomic mass is 9.99. The van der Waals surface area contributed by atoms with Gasteiger partial charge >= 0.3 is 0 Å². The maximum atomic E-state index is 12.9. The average Bonchev–Trinajstić information content (AvgIpc) is 3.24. The highest BCUT2D eigenvalue weighted by atomic mass is 32.2. The minimum Gasteiger partial charge on any atom is -0.497 e. The van der Waals surface area contributed by atoms with E-state index >= 15 is 0 Å². The summed E-state index contributed by atoms with van der Waals surface area (Å²) >= 11 is 0. The molecule has 0 aliphatic carbocycles. The first-order valence-corrected chi connectivity index (χ1v) is 11.2. The smallest absolute Gasteiger partial charge is 0.262 e. The van der Waals surface area contributed by atoms with Crippen molar-refractivity contribution in [3.63, 3.8) is 0 Å². The number of hydrogen-bond acceptors (Lipinski definition) is 5. The van der Waals surface area contributed by atoms with Crippen LogP contribution in [-0.2, 0) is 21.4 Å². The zero-order chi connectivity index (χ0) is 21.0. The lowest BCUT2D eigenvalue weighted by Crippen LogP contribution is -2.45. The van der Waals surface area contributed by atoms with Gasteiger partial charge < -0.3 is 14.6 Å². The molecule has 1 aromatic carbocycles. The molecule has 1 atom stereocenters. The van der Waals surface area contributed by atoms with Crippen LogP contribution in [0.3, 0.4) is 0 Å². The summed E-state index contributed by atoms with van der Waals surface area (Å²) in [6.45, 7) is 4.89. The number of sulfonamides is 1. The number of methoxy groups -OCH3 is 1. The van der Waals surface area contributed by atoms with E-state index in [2.05, 4.69) is 10.3 Å². The number of nitrogens with one attached hydrogen (secondary N) is 1. The molecule has 1 unspecified atom stereocenters. The van der Waals surface area contributed by atoms with E-state index < -0.39 is 10.0 Å². The number of nitrogens with zero attached hydrogens (tertiary/aromatic N) is 3. The van der Waals surface area contributed by atoms with Crippen LogP contribution >= 0.6 is 0 Å². The molecule has 1 amide bonds. The summed E-state index contributed by atoms with van der Waals surface area (Å²) in [7, 11) is -2.10. The van der Waals surface area contributed by atoms with Gasteiger partial charge in [0.1, 0.15) is 5.75 Å². The van der Waals surface area contributed by atoms with Crippen molar-refractivity contribution in [2.24, 2.45) is 5.92 Å². The number of amides is 1. The summed E-state index contributed by atoms with van der Waals surface area (Å²) in [5.74, 6) is 0.255. The van der Waals surface area contributed by atoms with E-state index in [0.29, 0.717) is 25.9 Å². The van der Waals surface area contributed by atoms with Crippen molar-refractivity contribution < 1.29 is 17.9 Å². The van der Waals surface area contributed by atoms with Crippen LogP contribution in [0.4, 0.5) is 0 Å². The summed E-state index contributed by atoms with van der Waals surface area (Å²) in [5, 5.41) is 2.95. The van der Waals surface area contributed by atoms with Crippen LogP contribution in [0.5, 0.6) is 5.75 Å². The van der Waals surface area contributed by atoms with Crippen LogP contribution in [0.25, 0.3) is 0 Å². The monoisotopic (exact) mass is 420 g/mol. The Morgan fingerprint density at radius 1 is 1.31 bits per heavy atom. The first-order valence-electron chi connectivity index (χ1n) is 9.75. The van der Waals surface area contributed by atoms with Gasteiger partial charge in [-0.05, 0) is 44.4 Å². The molecule has 1 saturated heterocycles.